The standard InChI is InChI=1S/C10H11ClN2S/c11-4-6-14-8-9-7-13-5-2-1-3-10(13)12-9/h1-3,5,7H,4,6,8H2. The van der Waals surface area contributed by atoms with Crippen LogP contribution < -0.4 is 0 Å². The van der Waals surface area contributed by atoms with Crippen LogP contribution in [0.1, 0.15) is 5.69 Å². The van der Waals surface area contributed by atoms with Gasteiger partial charge in [-0.25, -0.2) is 4.98 Å². The van der Waals surface area contributed by atoms with E-state index >= 15 is 0 Å². The van der Waals surface area contributed by atoms with Gasteiger partial charge >= 0.3 is 0 Å². The molecule has 74 valence electrons. The van der Waals surface area contributed by atoms with Crippen LogP contribution in [-0.2, 0) is 5.75 Å². The number of thioether (sulfide) groups is 1. The second-order valence-electron chi connectivity index (χ2n) is 2.94. The van der Waals surface area contributed by atoms with Crippen molar-refractivity contribution >= 4 is 29.0 Å². The summed E-state index contributed by atoms with van der Waals surface area (Å²) in [5.41, 5.74) is 2.13. The van der Waals surface area contributed by atoms with E-state index < -0.39 is 0 Å². The topological polar surface area (TPSA) is 17.3 Å². The van der Waals surface area contributed by atoms with Gasteiger partial charge in [-0.1, -0.05) is 6.07 Å². The highest BCUT2D eigenvalue weighted by Gasteiger charge is 1.99. The summed E-state index contributed by atoms with van der Waals surface area (Å²) in [6.45, 7) is 0. The maximum absolute atomic E-state index is 5.60. The predicted molar refractivity (Wildman–Crippen MR) is 62.1 cm³/mol. The number of halogens is 1. The fourth-order valence-corrected chi connectivity index (χ4v) is 2.22. The Kier molecular flexibility index (Phi) is 3.32. The van der Waals surface area contributed by atoms with Crippen molar-refractivity contribution in [3.63, 3.8) is 0 Å². The lowest BCUT2D eigenvalue weighted by Crippen LogP contribution is -1.83. The highest BCUT2D eigenvalue weighted by atomic mass is 35.5. The molecule has 0 spiro atoms. The number of rotatable bonds is 4. The van der Waals surface area contributed by atoms with E-state index in [1.807, 2.05) is 40.6 Å². The van der Waals surface area contributed by atoms with E-state index in [4.69, 9.17) is 11.6 Å². The van der Waals surface area contributed by atoms with Crippen molar-refractivity contribution in [1.82, 2.24) is 9.38 Å². The molecule has 0 unspecified atom stereocenters. The molecule has 0 aliphatic carbocycles. The molecule has 2 nitrogen and oxygen atoms in total. The lowest BCUT2D eigenvalue weighted by Gasteiger charge is -1.92. The van der Waals surface area contributed by atoms with E-state index in [0.717, 1.165) is 22.8 Å². The number of nitrogens with zero attached hydrogens (tertiary/aromatic N) is 2. The predicted octanol–water partition coefficient (Wildman–Crippen LogP) is 2.81. The average molecular weight is 227 g/mol. The first kappa shape index (κ1) is 9.87. The fourth-order valence-electron chi connectivity index (χ4n) is 1.29. The van der Waals surface area contributed by atoms with Gasteiger partial charge in [0.25, 0.3) is 0 Å². The molecule has 14 heavy (non-hydrogen) atoms. The maximum Gasteiger partial charge on any atom is 0.137 e. The summed E-state index contributed by atoms with van der Waals surface area (Å²) < 4.78 is 2.04. The van der Waals surface area contributed by atoms with Gasteiger partial charge in [0.05, 0.1) is 5.69 Å². The Morgan fingerprint density at radius 3 is 3.14 bits per heavy atom. The number of fused-ring (bicyclic) bond motifs is 1. The molecule has 2 heterocycles. The number of aromatic nitrogens is 2. The van der Waals surface area contributed by atoms with Crippen molar-refractivity contribution in [3.05, 3.63) is 36.3 Å². The number of imidazole rings is 1. The largest absolute Gasteiger partial charge is 0.307 e. The van der Waals surface area contributed by atoms with Gasteiger partial charge in [-0.2, -0.15) is 11.8 Å². The smallest absolute Gasteiger partial charge is 0.137 e. The Morgan fingerprint density at radius 1 is 1.43 bits per heavy atom. The lowest BCUT2D eigenvalue weighted by molar-refractivity contribution is 1.18. The average Bonchev–Trinajstić information content (AvgIpc) is 2.60. The summed E-state index contributed by atoms with van der Waals surface area (Å²) >= 11 is 7.41. The molecule has 0 amide bonds. The SMILES string of the molecule is ClCCSCc1cn2ccccc2n1. The molecule has 2 aromatic rings. The van der Waals surface area contributed by atoms with Crippen LogP contribution in [0.15, 0.2) is 30.6 Å². The number of alkyl halides is 1. The van der Waals surface area contributed by atoms with E-state index in [2.05, 4.69) is 11.2 Å². The highest BCUT2D eigenvalue weighted by Crippen LogP contribution is 2.12. The Bertz CT molecular complexity index is 380. The normalized spacial score (nSPS) is 10.9. The first-order valence-corrected chi connectivity index (χ1v) is 6.15. The summed E-state index contributed by atoms with van der Waals surface area (Å²) in [4.78, 5) is 4.48. The third kappa shape index (κ3) is 2.22. The maximum atomic E-state index is 5.60. The van der Waals surface area contributed by atoms with Gasteiger partial charge in [0.1, 0.15) is 5.65 Å². The second kappa shape index (κ2) is 4.71. The minimum atomic E-state index is 0.706. The summed E-state index contributed by atoms with van der Waals surface area (Å²) in [5, 5.41) is 0. The lowest BCUT2D eigenvalue weighted by atomic mass is 10.5. The van der Waals surface area contributed by atoms with Crippen molar-refractivity contribution in [2.75, 3.05) is 11.6 Å². The first-order chi connectivity index (χ1) is 6.90. The molecule has 0 radical (unpaired) electrons. The molecule has 0 aromatic carbocycles. The van der Waals surface area contributed by atoms with Crippen LogP contribution in [0.3, 0.4) is 0 Å². The van der Waals surface area contributed by atoms with E-state index in [-0.39, 0.29) is 0 Å². The van der Waals surface area contributed by atoms with E-state index in [1.165, 1.54) is 0 Å². The van der Waals surface area contributed by atoms with Gasteiger partial charge in [0.2, 0.25) is 0 Å². The molecular formula is C10H11ClN2S. The molecule has 0 aliphatic heterocycles. The number of pyridine rings is 1. The van der Waals surface area contributed by atoms with Gasteiger partial charge in [-0.3, -0.25) is 0 Å². The summed E-state index contributed by atoms with van der Waals surface area (Å²) in [7, 11) is 0. The van der Waals surface area contributed by atoms with Crippen LogP contribution in [0.5, 0.6) is 0 Å². The molecule has 0 saturated heterocycles. The van der Waals surface area contributed by atoms with Gasteiger partial charge in [-0.05, 0) is 12.1 Å². The van der Waals surface area contributed by atoms with Crippen LogP contribution in [0.4, 0.5) is 0 Å². The molecule has 0 fully saturated rings. The second-order valence-corrected chi connectivity index (χ2v) is 4.42. The number of hydrogen-bond acceptors (Lipinski definition) is 2. The third-order valence-corrected chi connectivity index (χ3v) is 3.29. The Hall–Kier alpha value is -0.670. The summed E-state index contributed by atoms with van der Waals surface area (Å²) in [6, 6.07) is 6.01. The van der Waals surface area contributed by atoms with E-state index in [9.17, 15) is 0 Å². The van der Waals surface area contributed by atoms with Gasteiger partial charge in [0, 0.05) is 29.8 Å². The van der Waals surface area contributed by atoms with Crippen molar-refractivity contribution in [2.45, 2.75) is 5.75 Å². The minimum Gasteiger partial charge on any atom is -0.307 e. The molecule has 0 N–H and O–H groups in total. The molecule has 0 aliphatic rings. The molecule has 0 bridgehead atoms. The Balaban J connectivity index is 2.11. The monoisotopic (exact) mass is 226 g/mol. The Morgan fingerprint density at radius 2 is 2.36 bits per heavy atom. The molecular weight excluding hydrogens is 216 g/mol. The Labute approximate surface area is 92.3 Å². The molecule has 2 rings (SSSR count). The minimum absolute atomic E-state index is 0.706. The molecule has 4 heteroatoms. The fraction of sp³-hybridized carbons (Fsp3) is 0.300. The van der Waals surface area contributed by atoms with Crippen LogP contribution in [-0.4, -0.2) is 21.0 Å². The zero-order valence-corrected chi connectivity index (χ0v) is 9.26. The molecule has 0 atom stereocenters. The van der Waals surface area contributed by atoms with Gasteiger partial charge in [0.15, 0.2) is 0 Å². The van der Waals surface area contributed by atoms with Crippen molar-refractivity contribution in [2.24, 2.45) is 0 Å². The molecule has 2 aromatic heterocycles. The van der Waals surface area contributed by atoms with Crippen molar-refractivity contribution in [3.8, 4) is 0 Å². The third-order valence-electron chi connectivity index (χ3n) is 1.89. The highest BCUT2D eigenvalue weighted by molar-refractivity contribution is 7.98. The molecule has 0 saturated carbocycles. The van der Waals surface area contributed by atoms with Crippen LogP contribution in [0, 0.1) is 0 Å². The van der Waals surface area contributed by atoms with Crippen LogP contribution >= 0.6 is 23.4 Å². The van der Waals surface area contributed by atoms with E-state index in [0.29, 0.717) is 5.88 Å². The number of hydrogen-bond donors (Lipinski definition) is 0. The van der Waals surface area contributed by atoms with E-state index in [1.54, 1.807) is 0 Å². The quantitative estimate of drug-likeness (QED) is 0.589. The van der Waals surface area contributed by atoms with Crippen LogP contribution in [0.2, 0.25) is 0 Å². The summed E-state index contributed by atoms with van der Waals surface area (Å²) in [5.74, 6) is 2.63. The summed E-state index contributed by atoms with van der Waals surface area (Å²) in [6.07, 6.45) is 4.08. The first-order valence-electron chi connectivity index (χ1n) is 4.46. The van der Waals surface area contributed by atoms with Crippen molar-refractivity contribution < 1.29 is 0 Å². The zero-order chi connectivity index (χ0) is 9.80. The van der Waals surface area contributed by atoms with Crippen molar-refractivity contribution in [1.29, 1.82) is 0 Å². The van der Waals surface area contributed by atoms with Crippen LogP contribution in [0.25, 0.3) is 5.65 Å². The van der Waals surface area contributed by atoms with Gasteiger partial charge in [-0.15, -0.1) is 11.6 Å². The van der Waals surface area contributed by atoms with Gasteiger partial charge < -0.3 is 4.40 Å². The zero-order valence-electron chi connectivity index (χ0n) is 7.69.